The number of hydrogen-bond donors (Lipinski definition) is 1. The van der Waals surface area contributed by atoms with Crippen LogP contribution in [0.25, 0.3) is 0 Å². The van der Waals surface area contributed by atoms with Crippen molar-refractivity contribution in [1.29, 1.82) is 0 Å². The van der Waals surface area contributed by atoms with Crippen molar-refractivity contribution in [3.05, 3.63) is 0 Å². The minimum absolute atomic E-state index is 0.124. The van der Waals surface area contributed by atoms with Crippen LogP contribution in [0.15, 0.2) is 4.99 Å². The number of aliphatic imine (C=N–C) groups is 1. The lowest BCUT2D eigenvalue weighted by Gasteiger charge is -2.27. The van der Waals surface area contributed by atoms with E-state index >= 15 is 0 Å². The molecule has 4 heteroatoms. The average Bonchev–Trinajstić information content (AvgIpc) is 2.35. The predicted octanol–water partition coefficient (Wildman–Crippen LogP) is 1.15. The third-order valence-corrected chi connectivity index (χ3v) is 2.80. The fraction of sp³-hybridized carbons (Fsp3) is 0.900. The quantitative estimate of drug-likeness (QED) is 0.693. The highest BCUT2D eigenvalue weighted by molar-refractivity contribution is 5.83. The van der Waals surface area contributed by atoms with E-state index in [0.29, 0.717) is 0 Å². The summed E-state index contributed by atoms with van der Waals surface area (Å²) in [6, 6.07) is 0.201. The topological polar surface area (TPSA) is 56.8 Å². The Labute approximate surface area is 85.5 Å². The molecule has 0 radical (unpaired) electrons. The highest BCUT2D eigenvalue weighted by Crippen LogP contribution is 2.35. The van der Waals surface area contributed by atoms with Crippen LogP contribution in [0.4, 0.5) is 0 Å². The molecule has 2 N–H and O–H groups in total. The SMILES string of the molecule is COC(CC1N=C(N)CC1(C)C)OC. The van der Waals surface area contributed by atoms with E-state index in [9.17, 15) is 0 Å². The van der Waals surface area contributed by atoms with Crippen molar-refractivity contribution in [3.63, 3.8) is 0 Å². The zero-order valence-corrected chi connectivity index (χ0v) is 9.41. The van der Waals surface area contributed by atoms with Crippen LogP contribution < -0.4 is 5.73 Å². The summed E-state index contributed by atoms with van der Waals surface area (Å²) in [6.45, 7) is 4.34. The van der Waals surface area contributed by atoms with Gasteiger partial charge in [-0.05, 0) is 5.41 Å². The molecule has 4 nitrogen and oxygen atoms in total. The molecule has 1 heterocycles. The molecule has 1 aliphatic rings. The Balaban J connectivity index is 2.59. The molecule has 0 aliphatic carbocycles. The molecule has 0 aromatic carbocycles. The number of amidine groups is 1. The minimum Gasteiger partial charge on any atom is -0.387 e. The summed E-state index contributed by atoms with van der Waals surface area (Å²) in [4.78, 5) is 4.41. The van der Waals surface area contributed by atoms with Gasteiger partial charge < -0.3 is 15.2 Å². The van der Waals surface area contributed by atoms with Crippen LogP contribution in [-0.2, 0) is 9.47 Å². The molecule has 0 spiro atoms. The summed E-state index contributed by atoms with van der Waals surface area (Å²) < 4.78 is 10.3. The first kappa shape index (κ1) is 11.5. The van der Waals surface area contributed by atoms with E-state index in [1.54, 1.807) is 14.2 Å². The van der Waals surface area contributed by atoms with Gasteiger partial charge >= 0.3 is 0 Å². The van der Waals surface area contributed by atoms with Crippen molar-refractivity contribution in [2.45, 2.75) is 39.0 Å². The first-order valence-corrected chi connectivity index (χ1v) is 4.87. The first-order chi connectivity index (χ1) is 6.49. The Morgan fingerprint density at radius 1 is 1.50 bits per heavy atom. The molecule has 14 heavy (non-hydrogen) atoms. The highest BCUT2D eigenvalue weighted by atomic mass is 16.7. The van der Waals surface area contributed by atoms with Gasteiger partial charge in [0.15, 0.2) is 6.29 Å². The second-order valence-electron chi connectivity index (χ2n) is 4.44. The molecule has 0 fully saturated rings. The minimum atomic E-state index is -0.186. The summed E-state index contributed by atoms with van der Waals surface area (Å²) in [5.41, 5.74) is 5.85. The second kappa shape index (κ2) is 4.28. The van der Waals surface area contributed by atoms with Crippen molar-refractivity contribution in [3.8, 4) is 0 Å². The van der Waals surface area contributed by atoms with Gasteiger partial charge in [0.05, 0.1) is 11.9 Å². The predicted molar refractivity (Wildman–Crippen MR) is 56.2 cm³/mol. The summed E-state index contributed by atoms with van der Waals surface area (Å²) in [5.74, 6) is 0.742. The Morgan fingerprint density at radius 2 is 2.07 bits per heavy atom. The molecule has 0 saturated heterocycles. The summed E-state index contributed by atoms with van der Waals surface area (Å²) in [5, 5.41) is 0. The van der Waals surface area contributed by atoms with Crippen LogP contribution in [0.3, 0.4) is 0 Å². The molecule has 0 saturated carbocycles. The van der Waals surface area contributed by atoms with Gasteiger partial charge in [-0.25, -0.2) is 0 Å². The van der Waals surface area contributed by atoms with Gasteiger partial charge in [-0.2, -0.15) is 0 Å². The molecule has 1 rings (SSSR count). The van der Waals surface area contributed by atoms with E-state index in [-0.39, 0.29) is 17.7 Å². The largest absolute Gasteiger partial charge is 0.387 e. The van der Waals surface area contributed by atoms with Gasteiger partial charge in [0.25, 0.3) is 0 Å². The number of ether oxygens (including phenoxy) is 2. The van der Waals surface area contributed by atoms with E-state index < -0.39 is 0 Å². The van der Waals surface area contributed by atoms with Gasteiger partial charge in [-0.15, -0.1) is 0 Å². The average molecular weight is 200 g/mol. The van der Waals surface area contributed by atoms with Gasteiger partial charge in [-0.1, -0.05) is 13.8 Å². The maximum absolute atomic E-state index is 5.73. The third kappa shape index (κ3) is 2.45. The van der Waals surface area contributed by atoms with Crippen LogP contribution in [-0.4, -0.2) is 32.4 Å². The van der Waals surface area contributed by atoms with E-state index in [0.717, 1.165) is 18.7 Å². The maximum Gasteiger partial charge on any atom is 0.158 e. The smallest absolute Gasteiger partial charge is 0.158 e. The fourth-order valence-corrected chi connectivity index (χ4v) is 1.85. The molecule has 0 bridgehead atoms. The van der Waals surface area contributed by atoms with Gasteiger partial charge in [0.2, 0.25) is 0 Å². The van der Waals surface area contributed by atoms with Crippen molar-refractivity contribution in [2.75, 3.05) is 14.2 Å². The summed E-state index contributed by atoms with van der Waals surface area (Å²) >= 11 is 0. The van der Waals surface area contributed by atoms with Crippen LogP contribution >= 0.6 is 0 Å². The van der Waals surface area contributed by atoms with Crippen LogP contribution in [0.5, 0.6) is 0 Å². The van der Waals surface area contributed by atoms with E-state index in [1.165, 1.54) is 0 Å². The molecule has 1 aliphatic heterocycles. The number of methoxy groups -OCH3 is 2. The van der Waals surface area contributed by atoms with Crippen LogP contribution in [0.2, 0.25) is 0 Å². The normalized spacial score (nSPS) is 25.5. The van der Waals surface area contributed by atoms with E-state index in [4.69, 9.17) is 15.2 Å². The highest BCUT2D eigenvalue weighted by Gasteiger charge is 2.36. The summed E-state index contributed by atoms with van der Waals surface area (Å²) in [7, 11) is 3.28. The van der Waals surface area contributed by atoms with Crippen molar-refractivity contribution in [2.24, 2.45) is 16.1 Å². The van der Waals surface area contributed by atoms with E-state index in [1.807, 2.05) is 0 Å². The number of nitrogens with zero attached hydrogens (tertiary/aromatic N) is 1. The lowest BCUT2D eigenvalue weighted by Crippen LogP contribution is -2.29. The molecule has 0 aromatic heterocycles. The van der Waals surface area contributed by atoms with Gasteiger partial charge in [-0.3, -0.25) is 4.99 Å². The Hall–Kier alpha value is -0.610. The molecule has 1 atom stereocenters. The molecule has 0 amide bonds. The van der Waals surface area contributed by atoms with Crippen molar-refractivity contribution >= 4 is 5.84 Å². The lowest BCUT2D eigenvalue weighted by molar-refractivity contribution is -0.112. The Morgan fingerprint density at radius 3 is 2.43 bits per heavy atom. The Bertz CT molecular complexity index is 222. The number of nitrogens with two attached hydrogens (primary N) is 1. The van der Waals surface area contributed by atoms with Crippen LogP contribution in [0.1, 0.15) is 26.7 Å². The number of hydrogen-bond acceptors (Lipinski definition) is 4. The molecule has 0 aromatic rings. The van der Waals surface area contributed by atoms with Crippen molar-refractivity contribution < 1.29 is 9.47 Å². The number of rotatable bonds is 4. The van der Waals surface area contributed by atoms with Gasteiger partial charge in [0, 0.05) is 27.1 Å². The third-order valence-electron chi connectivity index (χ3n) is 2.80. The molecular weight excluding hydrogens is 180 g/mol. The Kier molecular flexibility index (Phi) is 3.50. The monoisotopic (exact) mass is 200 g/mol. The molecule has 82 valence electrons. The molecular formula is C10H20N2O2. The maximum atomic E-state index is 5.73. The summed E-state index contributed by atoms with van der Waals surface area (Å²) in [6.07, 6.45) is 1.44. The van der Waals surface area contributed by atoms with Gasteiger partial charge in [0.1, 0.15) is 0 Å². The van der Waals surface area contributed by atoms with Crippen LogP contribution in [0, 0.1) is 5.41 Å². The lowest BCUT2D eigenvalue weighted by atomic mass is 9.82. The first-order valence-electron chi connectivity index (χ1n) is 4.87. The zero-order chi connectivity index (χ0) is 10.8. The standard InChI is InChI=1S/C10H20N2O2/c1-10(2)6-8(11)12-7(10)5-9(13-3)14-4/h7,9H,5-6H2,1-4H3,(H2,11,12). The second-order valence-corrected chi connectivity index (χ2v) is 4.44. The van der Waals surface area contributed by atoms with Crippen molar-refractivity contribution in [1.82, 2.24) is 0 Å². The fourth-order valence-electron chi connectivity index (χ4n) is 1.85. The molecule has 1 unspecified atom stereocenters. The van der Waals surface area contributed by atoms with E-state index in [2.05, 4.69) is 18.8 Å². The zero-order valence-electron chi connectivity index (χ0n) is 9.41.